The first-order chi connectivity index (χ1) is 15.4. The zero-order valence-electron chi connectivity index (χ0n) is 18.4. The van der Waals surface area contributed by atoms with E-state index in [0.717, 1.165) is 47.7 Å². The minimum absolute atomic E-state index is 0.0938. The highest BCUT2D eigenvalue weighted by molar-refractivity contribution is 7.98. The number of nitrogens with zero attached hydrogens (tertiary/aromatic N) is 3. The molecule has 1 fully saturated rings. The van der Waals surface area contributed by atoms with Gasteiger partial charge in [0.2, 0.25) is 15.9 Å². The Bertz CT molecular complexity index is 1210. The van der Waals surface area contributed by atoms with E-state index < -0.39 is 10.0 Å². The van der Waals surface area contributed by atoms with Crippen LogP contribution in [0, 0.1) is 0 Å². The van der Waals surface area contributed by atoms with E-state index in [4.69, 9.17) is 4.98 Å². The number of imidazole rings is 1. The molecule has 1 saturated heterocycles. The lowest BCUT2D eigenvalue weighted by molar-refractivity contribution is -0.114. The van der Waals surface area contributed by atoms with E-state index in [-0.39, 0.29) is 5.91 Å². The molecule has 4 rings (SSSR count). The molecule has 32 heavy (non-hydrogen) atoms. The van der Waals surface area contributed by atoms with Crippen molar-refractivity contribution in [1.82, 2.24) is 13.9 Å². The number of carbonyl (C=O) groups is 1. The van der Waals surface area contributed by atoms with Gasteiger partial charge in [0.25, 0.3) is 0 Å². The zero-order chi connectivity index (χ0) is 22.7. The fourth-order valence-corrected chi connectivity index (χ4v) is 6.41. The molecule has 7 nitrogen and oxygen atoms in total. The third-order valence-corrected chi connectivity index (χ3v) is 8.51. The second kappa shape index (κ2) is 9.64. The van der Waals surface area contributed by atoms with Gasteiger partial charge >= 0.3 is 0 Å². The van der Waals surface area contributed by atoms with Gasteiger partial charge < -0.3 is 9.88 Å². The second-order valence-corrected chi connectivity index (χ2v) is 10.9. The van der Waals surface area contributed by atoms with Crippen molar-refractivity contribution in [1.29, 1.82) is 0 Å². The number of thioether (sulfide) groups is 1. The average molecular weight is 473 g/mol. The molecule has 0 radical (unpaired) electrons. The smallest absolute Gasteiger partial charge is 0.243 e. The topological polar surface area (TPSA) is 84.3 Å². The number of hydrogen-bond donors (Lipinski definition) is 1. The molecule has 9 heteroatoms. The lowest BCUT2D eigenvalue weighted by atomic mass is 10.2. The summed E-state index contributed by atoms with van der Waals surface area (Å²) in [5, 5.41) is 2.77. The van der Waals surface area contributed by atoms with E-state index in [9.17, 15) is 13.2 Å². The van der Waals surface area contributed by atoms with Crippen molar-refractivity contribution in [2.24, 2.45) is 0 Å². The van der Waals surface area contributed by atoms with Crippen LogP contribution in [-0.2, 0) is 27.1 Å². The van der Waals surface area contributed by atoms with Crippen LogP contribution >= 0.6 is 11.8 Å². The van der Waals surface area contributed by atoms with Gasteiger partial charge in [-0.3, -0.25) is 4.79 Å². The molecule has 0 unspecified atom stereocenters. The highest BCUT2D eigenvalue weighted by atomic mass is 32.2. The number of aromatic nitrogens is 2. The Balaban J connectivity index is 1.55. The van der Waals surface area contributed by atoms with Gasteiger partial charge in [0.05, 0.1) is 21.7 Å². The fraction of sp³-hybridized carbons (Fsp3) is 0.391. The van der Waals surface area contributed by atoms with Crippen LogP contribution in [0.1, 0.15) is 38.9 Å². The van der Waals surface area contributed by atoms with Crippen molar-refractivity contribution in [2.75, 3.05) is 18.4 Å². The van der Waals surface area contributed by atoms with Gasteiger partial charge in [0.15, 0.2) is 0 Å². The minimum atomic E-state index is -3.48. The van der Waals surface area contributed by atoms with Crippen LogP contribution in [0.5, 0.6) is 0 Å². The number of piperidine rings is 1. The number of fused-ring (bicyclic) bond motifs is 1. The first-order valence-electron chi connectivity index (χ1n) is 10.9. The third kappa shape index (κ3) is 4.84. The van der Waals surface area contributed by atoms with E-state index in [0.29, 0.717) is 29.3 Å². The van der Waals surface area contributed by atoms with E-state index in [1.807, 2.05) is 30.3 Å². The van der Waals surface area contributed by atoms with E-state index in [2.05, 4.69) is 16.8 Å². The van der Waals surface area contributed by atoms with Gasteiger partial charge in [0.1, 0.15) is 5.82 Å². The second-order valence-electron chi connectivity index (χ2n) is 7.88. The maximum Gasteiger partial charge on any atom is 0.243 e. The zero-order valence-corrected chi connectivity index (χ0v) is 20.0. The summed E-state index contributed by atoms with van der Waals surface area (Å²) in [4.78, 5) is 17.3. The molecule has 170 valence electrons. The monoisotopic (exact) mass is 472 g/mol. The van der Waals surface area contributed by atoms with Crippen LogP contribution in [0.4, 0.5) is 5.69 Å². The molecule has 2 heterocycles. The summed E-state index contributed by atoms with van der Waals surface area (Å²) >= 11 is 1.66. The van der Waals surface area contributed by atoms with Crippen molar-refractivity contribution in [3.63, 3.8) is 0 Å². The molecule has 0 atom stereocenters. The maximum absolute atomic E-state index is 13.1. The van der Waals surface area contributed by atoms with Crippen LogP contribution in [-0.4, -0.2) is 41.3 Å². The summed E-state index contributed by atoms with van der Waals surface area (Å²) in [6.45, 7) is 5.49. The lowest BCUT2D eigenvalue weighted by Crippen LogP contribution is -2.35. The first-order valence-corrected chi connectivity index (χ1v) is 13.3. The van der Waals surface area contributed by atoms with Crippen molar-refractivity contribution in [3.8, 4) is 0 Å². The van der Waals surface area contributed by atoms with Gasteiger partial charge in [-0.15, -0.1) is 11.8 Å². The number of benzene rings is 2. The SMILES string of the molecule is CCn1c(CSc2ccc(NC(C)=O)cc2)nc2cc(S(=O)(=O)N3CCCCC3)ccc21. The summed E-state index contributed by atoms with van der Waals surface area (Å²) in [5.74, 6) is 1.48. The summed E-state index contributed by atoms with van der Waals surface area (Å²) < 4.78 is 29.8. The number of anilines is 1. The Morgan fingerprint density at radius 2 is 1.81 bits per heavy atom. The summed E-state index contributed by atoms with van der Waals surface area (Å²) in [7, 11) is -3.48. The third-order valence-electron chi connectivity index (χ3n) is 5.61. The maximum atomic E-state index is 13.1. The largest absolute Gasteiger partial charge is 0.328 e. The number of carbonyl (C=O) groups excluding carboxylic acids is 1. The van der Waals surface area contributed by atoms with Gasteiger partial charge in [0, 0.05) is 37.1 Å². The van der Waals surface area contributed by atoms with Crippen LogP contribution in [0.3, 0.4) is 0 Å². The fourth-order valence-electron chi connectivity index (χ4n) is 4.02. The quantitative estimate of drug-likeness (QED) is 0.513. The Morgan fingerprint density at radius 3 is 2.47 bits per heavy atom. The molecule has 1 N–H and O–H groups in total. The van der Waals surface area contributed by atoms with Gasteiger partial charge in [-0.05, 0) is 62.2 Å². The molecule has 0 bridgehead atoms. The number of nitrogens with one attached hydrogen (secondary N) is 1. The predicted octanol–water partition coefficient (Wildman–Crippen LogP) is 4.48. The van der Waals surface area contributed by atoms with Gasteiger partial charge in [-0.25, -0.2) is 13.4 Å². The molecule has 0 aliphatic carbocycles. The Labute approximate surface area is 193 Å². The van der Waals surface area contributed by atoms with Crippen molar-refractivity contribution >= 4 is 44.4 Å². The van der Waals surface area contributed by atoms with Crippen molar-refractivity contribution in [2.45, 2.75) is 55.2 Å². The lowest BCUT2D eigenvalue weighted by Gasteiger charge is -2.25. The predicted molar refractivity (Wildman–Crippen MR) is 128 cm³/mol. The van der Waals surface area contributed by atoms with Crippen LogP contribution in [0.15, 0.2) is 52.3 Å². The van der Waals surface area contributed by atoms with Crippen molar-refractivity contribution in [3.05, 3.63) is 48.3 Å². The minimum Gasteiger partial charge on any atom is -0.328 e. The number of rotatable bonds is 7. The van der Waals surface area contributed by atoms with Crippen LogP contribution < -0.4 is 5.32 Å². The number of amides is 1. The molecule has 1 amide bonds. The average Bonchev–Trinajstić information content (AvgIpc) is 3.15. The molecule has 2 aromatic carbocycles. The molecule has 1 aliphatic rings. The Kier molecular flexibility index (Phi) is 6.88. The molecule has 0 saturated carbocycles. The molecule has 1 aromatic heterocycles. The number of hydrogen-bond acceptors (Lipinski definition) is 5. The number of aryl methyl sites for hydroxylation is 1. The van der Waals surface area contributed by atoms with Gasteiger partial charge in [-0.1, -0.05) is 6.42 Å². The normalized spacial score (nSPS) is 15.2. The molecule has 3 aromatic rings. The van der Waals surface area contributed by atoms with Gasteiger partial charge in [-0.2, -0.15) is 4.31 Å². The van der Waals surface area contributed by atoms with Crippen LogP contribution in [0.2, 0.25) is 0 Å². The molecule has 0 spiro atoms. The summed E-state index contributed by atoms with van der Waals surface area (Å²) in [6.07, 6.45) is 2.92. The highest BCUT2D eigenvalue weighted by Crippen LogP contribution is 2.28. The van der Waals surface area contributed by atoms with E-state index in [1.165, 1.54) is 6.92 Å². The standard InChI is InChI=1S/C23H28N4O3S2/c1-3-27-22-12-11-20(32(29,30)26-13-5-4-6-14-26)15-21(22)25-23(27)16-31-19-9-7-18(8-10-19)24-17(2)28/h7-12,15H,3-6,13-14,16H2,1-2H3,(H,24,28). The molecular formula is C23H28N4O3S2. The van der Waals surface area contributed by atoms with Crippen LogP contribution in [0.25, 0.3) is 11.0 Å². The molecular weight excluding hydrogens is 444 g/mol. The Hall–Kier alpha value is -2.36. The highest BCUT2D eigenvalue weighted by Gasteiger charge is 2.26. The Morgan fingerprint density at radius 1 is 1.09 bits per heavy atom. The van der Waals surface area contributed by atoms with Crippen molar-refractivity contribution < 1.29 is 13.2 Å². The summed E-state index contributed by atoms with van der Waals surface area (Å²) in [6, 6.07) is 13.0. The van der Waals surface area contributed by atoms with E-state index in [1.54, 1.807) is 28.2 Å². The molecule has 1 aliphatic heterocycles. The summed E-state index contributed by atoms with van der Waals surface area (Å²) in [5.41, 5.74) is 2.42. The number of sulfonamides is 1. The first kappa shape index (κ1) is 22.8. The van der Waals surface area contributed by atoms with E-state index >= 15 is 0 Å².